The molecule has 0 amide bonds. The highest BCUT2D eigenvalue weighted by Crippen LogP contribution is 2.19. The standard InChI is InChI=1S/C11H14N4O3S/c12-11-10(6-13-14-11)19(17,18)15-9(7-16)8-4-2-1-3-5-8/h1-6,9,15-16H,7H2,(H3,12,13,14). The maximum atomic E-state index is 12.1. The van der Waals surface area contributed by atoms with Crippen molar-refractivity contribution in [3.05, 3.63) is 42.1 Å². The molecule has 1 heterocycles. The molecule has 0 fully saturated rings. The van der Waals surface area contributed by atoms with Crippen LogP contribution in [0.5, 0.6) is 0 Å². The number of anilines is 1. The number of nitrogens with zero attached hydrogens (tertiary/aromatic N) is 1. The Morgan fingerprint density at radius 1 is 1.37 bits per heavy atom. The third kappa shape index (κ3) is 2.92. The number of hydrogen-bond acceptors (Lipinski definition) is 5. The molecule has 0 aliphatic rings. The van der Waals surface area contributed by atoms with Crippen LogP contribution in [0.1, 0.15) is 11.6 Å². The van der Waals surface area contributed by atoms with Crippen molar-refractivity contribution in [2.75, 3.05) is 12.3 Å². The molecule has 1 atom stereocenters. The van der Waals surface area contributed by atoms with Crippen LogP contribution in [0.3, 0.4) is 0 Å². The van der Waals surface area contributed by atoms with Crippen molar-refractivity contribution in [1.29, 1.82) is 0 Å². The molecule has 0 aliphatic carbocycles. The lowest BCUT2D eigenvalue weighted by Gasteiger charge is -2.16. The molecule has 0 saturated heterocycles. The summed E-state index contributed by atoms with van der Waals surface area (Å²) in [5, 5.41) is 15.2. The number of nitrogens with one attached hydrogen (secondary N) is 2. The third-order valence-corrected chi connectivity index (χ3v) is 4.10. The number of rotatable bonds is 5. The fourth-order valence-corrected chi connectivity index (χ4v) is 2.88. The van der Waals surface area contributed by atoms with Gasteiger partial charge in [0.15, 0.2) is 0 Å². The van der Waals surface area contributed by atoms with Crippen molar-refractivity contribution in [3.63, 3.8) is 0 Å². The molecule has 2 aromatic rings. The van der Waals surface area contributed by atoms with E-state index in [1.165, 1.54) is 0 Å². The number of aliphatic hydroxyl groups excluding tert-OH is 1. The lowest BCUT2D eigenvalue weighted by molar-refractivity contribution is 0.259. The maximum Gasteiger partial charge on any atom is 0.246 e. The van der Waals surface area contributed by atoms with E-state index in [9.17, 15) is 13.5 Å². The van der Waals surface area contributed by atoms with Crippen molar-refractivity contribution in [1.82, 2.24) is 14.9 Å². The van der Waals surface area contributed by atoms with Crippen LogP contribution in [-0.2, 0) is 10.0 Å². The second-order valence-electron chi connectivity index (χ2n) is 3.92. The van der Waals surface area contributed by atoms with Crippen molar-refractivity contribution in [3.8, 4) is 0 Å². The van der Waals surface area contributed by atoms with Gasteiger partial charge in [-0.3, -0.25) is 5.10 Å². The molecule has 8 heteroatoms. The third-order valence-electron chi connectivity index (χ3n) is 2.60. The van der Waals surface area contributed by atoms with Crippen LogP contribution in [0.15, 0.2) is 41.4 Å². The lowest BCUT2D eigenvalue weighted by Crippen LogP contribution is -2.31. The van der Waals surface area contributed by atoms with E-state index >= 15 is 0 Å². The number of sulfonamides is 1. The number of aromatic nitrogens is 2. The van der Waals surface area contributed by atoms with Crippen LogP contribution in [0.2, 0.25) is 0 Å². The first kappa shape index (κ1) is 13.5. The van der Waals surface area contributed by atoms with Gasteiger partial charge in [0, 0.05) is 0 Å². The Bertz CT molecular complexity index is 639. The summed E-state index contributed by atoms with van der Waals surface area (Å²) < 4.78 is 26.6. The number of hydrogen-bond donors (Lipinski definition) is 4. The Morgan fingerprint density at radius 3 is 2.58 bits per heavy atom. The summed E-state index contributed by atoms with van der Waals surface area (Å²) >= 11 is 0. The molecule has 2 rings (SSSR count). The number of nitrogens with two attached hydrogens (primary N) is 1. The molecule has 0 bridgehead atoms. The van der Waals surface area contributed by atoms with Crippen molar-refractivity contribution in [2.24, 2.45) is 0 Å². The summed E-state index contributed by atoms with van der Waals surface area (Å²) in [6, 6.07) is 8.04. The summed E-state index contributed by atoms with van der Waals surface area (Å²) in [6.45, 7) is -0.360. The van der Waals surface area contributed by atoms with Gasteiger partial charge in [0.25, 0.3) is 0 Å². The van der Waals surface area contributed by atoms with E-state index in [1.54, 1.807) is 30.3 Å². The van der Waals surface area contributed by atoms with E-state index in [0.717, 1.165) is 6.20 Å². The first-order valence-corrected chi connectivity index (χ1v) is 7.00. The molecule has 1 aromatic heterocycles. The number of H-pyrrole nitrogens is 1. The second-order valence-corrected chi connectivity index (χ2v) is 5.60. The Morgan fingerprint density at radius 2 is 2.05 bits per heavy atom. The van der Waals surface area contributed by atoms with Crippen LogP contribution in [0, 0.1) is 0 Å². The summed E-state index contributed by atoms with van der Waals surface area (Å²) in [7, 11) is -3.84. The summed E-state index contributed by atoms with van der Waals surface area (Å²) in [4.78, 5) is -0.137. The zero-order valence-electron chi connectivity index (χ0n) is 9.95. The molecular formula is C11H14N4O3S. The summed E-state index contributed by atoms with van der Waals surface area (Å²) in [5.41, 5.74) is 6.15. The normalized spacial score (nSPS) is 13.3. The Kier molecular flexibility index (Phi) is 3.84. The molecular weight excluding hydrogens is 268 g/mol. The first-order valence-electron chi connectivity index (χ1n) is 5.51. The van der Waals surface area contributed by atoms with Crippen molar-refractivity contribution in [2.45, 2.75) is 10.9 Å². The predicted molar refractivity (Wildman–Crippen MR) is 69.6 cm³/mol. The van der Waals surface area contributed by atoms with E-state index in [4.69, 9.17) is 5.73 Å². The molecule has 0 radical (unpaired) electrons. The van der Waals surface area contributed by atoms with Gasteiger partial charge in [-0.25, -0.2) is 13.1 Å². The smallest absolute Gasteiger partial charge is 0.246 e. The van der Waals surface area contributed by atoms with Gasteiger partial charge in [-0.15, -0.1) is 0 Å². The molecule has 1 aromatic carbocycles. The second kappa shape index (κ2) is 5.39. The highest BCUT2D eigenvalue weighted by Gasteiger charge is 2.24. The van der Waals surface area contributed by atoms with E-state index in [0.29, 0.717) is 5.56 Å². The highest BCUT2D eigenvalue weighted by molar-refractivity contribution is 7.89. The van der Waals surface area contributed by atoms with Crippen LogP contribution < -0.4 is 10.5 Å². The van der Waals surface area contributed by atoms with E-state index in [2.05, 4.69) is 14.9 Å². The zero-order valence-corrected chi connectivity index (χ0v) is 10.8. The SMILES string of the molecule is Nc1[nH]ncc1S(=O)(=O)NC(CO)c1ccccc1. The number of nitrogen functional groups attached to an aromatic ring is 1. The van der Waals surface area contributed by atoms with Gasteiger partial charge in [-0.05, 0) is 5.56 Å². The van der Waals surface area contributed by atoms with Crippen molar-refractivity contribution >= 4 is 15.8 Å². The highest BCUT2D eigenvalue weighted by atomic mass is 32.2. The van der Waals surface area contributed by atoms with Crippen molar-refractivity contribution < 1.29 is 13.5 Å². The predicted octanol–water partition coefficient (Wildman–Crippen LogP) is 0.00380. The quantitative estimate of drug-likeness (QED) is 0.615. The monoisotopic (exact) mass is 282 g/mol. The maximum absolute atomic E-state index is 12.1. The molecule has 0 spiro atoms. The van der Waals surface area contributed by atoms with E-state index in [1.807, 2.05) is 0 Å². The molecule has 0 saturated carbocycles. The number of aliphatic hydroxyl groups is 1. The Labute approximate surface area is 110 Å². The Balaban J connectivity index is 2.27. The molecule has 7 nitrogen and oxygen atoms in total. The molecule has 5 N–H and O–H groups in total. The number of aromatic amines is 1. The largest absolute Gasteiger partial charge is 0.394 e. The first-order chi connectivity index (χ1) is 9.04. The van der Waals surface area contributed by atoms with Gasteiger partial charge >= 0.3 is 0 Å². The van der Waals surface area contributed by atoms with Gasteiger partial charge in [0.05, 0.1) is 18.8 Å². The van der Waals surface area contributed by atoms with Crippen LogP contribution in [0.25, 0.3) is 0 Å². The van der Waals surface area contributed by atoms with Crippen LogP contribution in [0.4, 0.5) is 5.82 Å². The van der Waals surface area contributed by atoms with E-state index < -0.39 is 16.1 Å². The van der Waals surface area contributed by atoms with Gasteiger partial charge < -0.3 is 10.8 Å². The summed E-state index contributed by atoms with van der Waals surface area (Å²) in [6.07, 6.45) is 1.12. The van der Waals surface area contributed by atoms with Gasteiger partial charge in [-0.1, -0.05) is 30.3 Å². The van der Waals surface area contributed by atoms with E-state index in [-0.39, 0.29) is 17.3 Å². The minimum atomic E-state index is -3.84. The topological polar surface area (TPSA) is 121 Å². The average molecular weight is 282 g/mol. The van der Waals surface area contributed by atoms with Gasteiger partial charge in [0.2, 0.25) is 10.0 Å². The summed E-state index contributed by atoms with van der Waals surface area (Å²) in [5.74, 6) is -0.0442. The lowest BCUT2D eigenvalue weighted by atomic mass is 10.1. The molecule has 19 heavy (non-hydrogen) atoms. The average Bonchev–Trinajstić information content (AvgIpc) is 2.84. The Hall–Kier alpha value is -1.90. The van der Waals surface area contributed by atoms with Gasteiger partial charge in [0.1, 0.15) is 10.7 Å². The fourth-order valence-electron chi connectivity index (χ4n) is 1.65. The van der Waals surface area contributed by atoms with Gasteiger partial charge in [-0.2, -0.15) is 5.10 Å². The van der Waals surface area contributed by atoms with Crippen LogP contribution >= 0.6 is 0 Å². The zero-order chi connectivity index (χ0) is 13.9. The minimum absolute atomic E-state index is 0.0442. The fraction of sp³-hybridized carbons (Fsp3) is 0.182. The molecule has 0 aliphatic heterocycles. The number of benzene rings is 1. The molecule has 102 valence electrons. The minimum Gasteiger partial charge on any atom is -0.394 e. The molecule has 1 unspecified atom stereocenters. The van der Waals surface area contributed by atoms with Crippen LogP contribution in [-0.4, -0.2) is 30.3 Å².